The molecule has 1 aromatic carbocycles. The number of halogens is 1. The monoisotopic (exact) mass is 253 g/mol. The first kappa shape index (κ1) is 12.4. The molecule has 0 radical (unpaired) electrons. The molecule has 3 nitrogen and oxygen atoms in total. The lowest BCUT2D eigenvalue weighted by Gasteiger charge is -2.23. The summed E-state index contributed by atoms with van der Waals surface area (Å²) in [6, 6.07) is 7.37. The third-order valence-electron chi connectivity index (χ3n) is 3.21. The summed E-state index contributed by atoms with van der Waals surface area (Å²) >= 11 is 6.03. The topological polar surface area (TPSA) is 40.5 Å². The van der Waals surface area contributed by atoms with Crippen LogP contribution in [0.3, 0.4) is 0 Å². The summed E-state index contributed by atoms with van der Waals surface area (Å²) in [5, 5.41) is 9.81. The quantitative estimate of drug-likeness (QED) is 0.893. The number of hydrogen-bond donors (Lipinski definition) is 1. The van der Waals surface area contributed by atoms with Gasteiger partial charge in [-0.2, -0.15) is 0 Å². The Morgan fingerprint density at radius 2 is 2.24 bits per heavy atom. The number of carbonyl (C=O) groups is 1. The number of carbonyl (C=O) groups excluding carboxylic acids is 1. The first-order valence-electron chi connectivity index (χ1n) is 5.86. The summed E-state index contributed by atoms with van der Waals surface area (Å²) in [4.78, 5) is 13.9. The van der Waals surface area contributed by atoms with E-state index in [1.807, 2.05) is 18.2 Å². The molecule has 1 amide bonds. The molecular formula is C13H16ClNO2. The van der Waals surface area contributed by atoms with E-state index >= 15 is 0 Å². The van der Waals surface area contributed by atoms with Gasteiger partial charge < -0.3 is 10.0 Å². The fraction of sp³-hybridized carbons (Fsp3) is 0.462. The lowest BCUT2D eigenvalue weighted by Crippen LogP contribution is -2.38. The lowest BCUT2D eigenvalue weighted by molar-refractivity contribution is -0.131. The van der Waals surface area contributed by atoms with Crippen LogP contribution in [0.2, 0.25) is 5.02 Å². The standard InChI is InChI=1S/C13H16ClNO2/c14-12-6-2-1-4-10(12)8-13(17)15-7-3-5-11(15)9-16/h1-2,4,6,11,16H,3,5,7-9H2. The number of nitrogens with zero attached hydrogens (tertiary/aromatic N) is 1. The number of rotatable bonds is 3. The molecule has 1 heterocycles. The summed E-state index contributed by atoms with van der Waals surface area (Å²) in [7, 11) is 0. The van der Waals surface area contributed by atoms with Crippen molar-refractivity contribution in [3.63, 3.8) is 0 Å². The van der Waals surface area contributed by atoms with Gasteiger partial charge in [-0.25, -0.2) is 0 Å². The van der Waals surface area contributed by atoms with Gasteiger partial charge in [0.05, 0.1) is 19.1 Å². The molecule has 2 rings (SSSR count). The Morgan fingerprint density at radius 1 is 1.47 bits per heavy atom. The van der Waals surface area contributed by atoms with Crippen molar-refractivity contribution in [3.8, 4) is 0 Å². The molecule has 17 heavy (non-hydrogen) atoms. The van der Waals surface area contributed by atoms with Crippen molar-refractivity contribution in [1.82, 2.24) is 4.90 Å². The van der Waals surface area contributed by atoms with Gasteiger partial charge in [-0.1, -0.05) is 29.8 Å². The van der Waals surface area contributed by atoms with E-state index in [1.54, 1.807) is 11.0 Å². The molecule has 0 bridgehead atoms. The molecule has 1 aromatic rings. The molecule has 1 N–H and O–H groups in total. The molecule has 92 valence electrons. The predicted octanol–water partition coefficient (Wildman–Crippen LogP) is 1.87. The fourth-order valence-electron chi connectivity index (χ4n) is 2.26. The number of aliphatic hydroxyl groups excluding tert-OH is 1. The van der Waals surface area contributed by atoms with Crippen LogP contribution in [0, 0.1) is 0 Å². The second-order valence-electron chi connectivity index (χ2n) is 4.33. The molecule has 0 aromatic heterocycles. The third-order valence-corrected chi connectivity index (χ3v) is 3.58. The van der Waals surface area contributed by atoms with Crippen LogP contribution in [-0.2, 0) is 11.2 Å². The maximum absolute atomic E-state index is 12.1. The summed E-state index contributed by atoms with van der Waals surface area (Å²) in [6.45, 7) is 0.794. The van der Waals surface area contributed by atoms with Crippen molar-refractivity contribution >= 4 is 17.5 Å². The smallest absolute Gasteiger partial charge is 0.227 e. The molecular weight excluding hydrogens is 238 g/mol. The van der Waals surface area contributed by atoms with E-state index < -0.39 is 0 Å². The van der Waals surface area contributed by atoms with Gasteiger partial charge in [0.1, 0.15) is 0 Å². The van der Waals surface area contributed by atoms with Gasteiger partial charge in [0.2, 0.25) is 5.91 Å². The number of hydrogen-bond acceptors (Lipinski definition) is 2. The van der Waals surface area contributed by atoms with E-state index in [2.05, 4.69) is 0 Å². The van der Waals surface area contributed by atoms with Crippen LogP contribution in [0.25, 0.3) is 0 Å². The first-order chi connectivity index (χ1) is 8.22. The van der Waals surface area contributed by atoms with Gasteiger partial charge in [-0.3, -0.25) is 4.79 Å². The van der Waals surface area contributed by atoms with Crippen LogP contribution in [0.15, 0.2) is 24.3 Å². The fourth-order valence-corrected chi connectivity index (χ4v) is 2.46. The number of benzene rings is 1. The molecule has 4 heteroatoms. The summed E-state index contributed by atoms with van der Waals surface area (Å²) in [5.74, 6) is 0.0506. The molecule has 0 spiro atoms. The molecule has 1 fully saturated rings. The van der Waals surface area contributed by atoms with E-state index in [0.717, 1.165) is 24.9 Å². The van der Waals surface area contributed by atoms with Crippen molar-refractivity contribution < 1.29 is 9.90 Å². The van der Waals surface area contributed by atoms with Crippen molar-refractivity contribution in [3.05, 3.63) is 34.9 Å². The highest BCUT2D eigenvalue weighted by Crippen LogP contribution is 2.20. The van der Waals surface area contributed by atoms with E-state index in [4.69, 9.17) is 11.6 Å². The van der Waals surface area contributed by atoms with Gasteiger partial charge in [-0.15, -0.1) is 0 Å². The number of aliphatic hydroxyl groups is 1. The SMILES string of the molecule is O=C(Cc1ccccc1Cl)N1CCCC1CO. The van der Waals surface area contributed by atoms with Crippen molar-refractivity contribution in [2.45, 2.75) is 25.3 Å². The Hall–Kier alpha value is -1.06. The zero-order valence-corrected chi connectivity index (χ0v) is 10.4. The molecule has 1 aliphatic rings. The zero-order chi connectivity index (χ0) is 12.3. The third kappa shape index (κ3) is 2.79. The molecule has 1 atom stereocenters. The molecule has 1 aliphatic heterocycles. The average Bonchev–Trinajstić information content (AvgIpc) is 2.80. The maximum Gasteiger partial charge on any atom is 0.227 e. The van der Waals surface area contributed by atoms with E-state index in [9.17, 15) is 9.90 Å². The van der Waals surface area contributed by atoms with E-state index in [1.165, 1.54) is 0 Å². The van der Waals surface area contributed by atoms with Crippen LogP contribution in [0.5, 0.6) is 0 Å². The average molecular weight is 254 g/mol. The molecule has 0 aliphatic carbocycles. The van der Waals surface area contributed by atoms with Crippen molar-refractivity contribution in [2.24, 2.45) is 0 Å². The van der Waals surface area contributed by atoms with Gasteiger partial charge >= 0.3 is 0 Å². The van der Waals surface area contributed by atoms with Crippen molar-refractivity contribution in [2.75, 3.05) is 13.2 Å². The molecule has 1 saturated heterocycles. The zero-order valence-electron chi connectivity index (χ0n) is 9.60. The summed E-state index contributed by atoms with van der Waals surface area (Å²) in [5.41, 5.74) is 0.850. The second-order valence-corrected chi connectivity index (χ2v) is 4.74. The van der Waals surface area contributed by atoms with Crippen LogP contribution in [0.1, 0.15) is 18.4 Å². The summed E-state index contributed by atoms with van der Waals surface area (Å²) in [6.07, 6.45) is 2.18. The maximum atomic E-state index is 12.1. The minimum atomic E-state index is -0.00927. The Balaban J connectivity index is 2.04. The van der Waals surface area contributed by atoms with Gasteiger partial charge in [0, 0.05) is 11.6 Å². The predicted molar refractivity (Wildman–Crippen MR) is 67.0 cm³/mol. The highest BCUT2D eigenvalue weighted by atomic mass is 35.5. The van der Waals surface area contributed by atoms with E-state index in [-0.39, 0.29) is 18.6 Å². The second kappa shape index (κ2) is 5.52. The van der Waals surface area contributed by atoms with Crippen LogP contribution in [0.4, 0.5) is 0 Å². The van der Waals surface area contributed by atoms with E-state index in [0.29, 0.717) is 11.4 Å². The van der Waals surface area contributed by atoms with Crippen LogP contribution in [-0.4, -0.2) is 35.1 Å². The first-order valence-corrected chi connectivity index (χ1v) is 6.24. The van der Waals surface area contributed by atoms with Gasteiger partial charge in [0.15, 0.2) is 0 Å². The summed E-state index contributed by atoms with van der Waals surface area (Å²) < 4.78 is 0. The van der Waals surface area contributed by atoms with Crippen molar-refractivity contribution in [1.29, 1.82) is 0 Å². The Bertz CT molecular complexity index is 408. The lowest BCUT2D eigenvalue weighted by atomic mass is 10.1. The molecule has 1 unspecified atom stereocenters. The number of likely N-dealkylation sites (tertiary alicyclic amines) is 1. The largest absolute Gasteiger partial charge is 0.394 e. The Morgan fingerprint density at radius 3 is 2.94 bits per heavy atom. The molecule has 0 saturated carbocycles. The normalized spacial score (nSPS) is 19.6. The Kier molecular flexibility index (Phi) is 4.02. The van der Waals surface area contributed by atoms with Gasteiger partial charge in [0.25, 0.3) is 0 Å². The minimum Gasteiger partial charge on any atom is -0.394 e. The van der Waals surface area contributed by atoms with Crippen LogP contribution >= 0.6 is 11.6 Å². The highest BCUT2D eigenvalue weighted by Gasteiger charge is 2.27. The number of amides is 1. The Labute approximate surface area is 106 Å². The van der Waals surface area contributed by atoms with Crippen LogP contribution < -0.4 is 0 Å². The minimum absolute atomic E-state index is 0.00927. The van der Waals surface area contributed by atoms with Gasteiger partial charge in [-0.05, 0) is 24.5 Å². The highest BCUT2D eigenvalue weighted by molar-refractivity contribution is 6.31.